The maximum Gasteiger partial charge on any atom is 0.260 e. The smallest absolute Gasteiger partial charge is 0.260 e. The van der Waals surface area contributed by atoms with E-state index in [1.54, 1.807) is 19.5 Å². The number of likely N-dealkylation sites (tertiary alicyclic amines) is 1. The van der Waals surface area contributed by atoms with Gasteiger partial charge in [0.25, 0.3) is 11.4 Å². The average molecular weight is 424 g/mol. The van der Waals surface area contributed by atoms with Crippen molar-refractivity contribution in [3.05, 3.63) is 35.2 Å². The number of benzene rings is 1. The summed E-state index contributed by atoms with van der Waals surface area (Å²) in [6.07, 6.45) is 5.95. The third-order valence-electron chi connectivity index (χ3n) is 6.17. The summed E-state index contributed by atoms with van der Waals surface area (Å²) in [7, 11) is 1.63. The van der Waals surface area contributed by atoms with E-state index in [0.717, 1.165) is 18.4 Å². The van der Waals surface area contributed by atoms with Crippen molar-refractivity contribution in [1.29, 1.82) is 0 Å². The van der Waals surface area contributed by atoms with Gasteiger partial charge >= 0.3 is 0 Å². The Kier molecular flexibility index (Phi) is 8.14. The molecule has 0 radical (unpaired) electrons. The summed E-state index contributed by atoms with van der Waals surface area (Å²) in [6, 6.07) is 5.39. The lowest BCUT2D eigenvalue weighted by molar-refractivity contribution is -0.134. The van der Waals surface area contributed by atoms with Gasteiger partial charge in [0.05, 0.1) is 19.3 Å². The molecule has 1 atom stereocenters. The highest BCUT2D eigenvalue weighted by Crippen LogP contribution is 2.42. The Morgan fingerprint density at radius 3 is 2.52 bits per heavy atom. The number of amides is 1. The van der Waals surface area contributed by atoms with Crippen LogP contribution < -0.4 is 15.0 Å². The summed E-state index contributed by atoms with van der Waals surface area (Å²) in [4.78, 5) is 17.7. The molecule has 0 spiro atoms. The van der Waals surface area contributed by atoms with Gasteiger partial charge in [-0.1, -0.05) is 0 Å². The van der Waals surface area contributed by atoms with Crippen LogP contribution in [0.25, 0.3) is 4.85 Å². The number of nitrogens with zero attached hydrogens (tertiary/aromatic N) is 2. The van der Waals surface area contributed by atoms with Crippen molar-refractivity contribution in [1.82, 2.24) is 10.4 Å². The second kappa shape index (κ2) is 10.1. The Balaban J connectivity index is 0.00000300. The van der Waals surface area contributed by atoms with E-state index < -0.39 is 17.5 Å². The van der Waals surface area contributed by atoms with E-state index in [2.05, 4.69) is 4.85 Å². The Morgan fingerprint density at radius 1 is 1.31 bits per heavy atom. The minimum atomic E-state index is -0.633. The highest BCUT2D eigenvalue weighted by atomic mass is 35.5. The molecule has 1 saturated carbocycles. The van der Waals surface area contributed by atoms with E-state index in [9.17, 15) is 4.79 Å². The molecule has 1 aromatic carbocycles. The number of carbonyl (C=O) groups excluding carboxylic acids is 1. The molecule has 8 heteroatoms. The normalized spacial score (nSPS) is 20.2. The maximum atomic E-state index is 11.7. The first-order valence-electron chi connectivity index (χ1n) is 9.95. The van der Waals surface area contributed by atoms with E-state index in [1.807, 2.05) is 23.1 Å². The number of hydroxylamine groups is 1. The Bertz CT molecular complexity index is 738. The lowest BCUT2D eigenvalue weighted by Crippen LogP contribution is -2.50. The summed E-state index contributed by atoms with van der Waals surface area (Å²) in [5.74, 6) is 0.985. The molecule has 160 valence electrons. The fraction of sp³-hybridized carbons (Fsp3) is 0.619. The van der Waals surface area contributed by atoms with Crippen LogP contribution in [0.15, 0.2) is 18.2 Å². The van der Waals surface area contributed by atoms with E-state index >= 15 is 0 Å². The quantitative estimate of drug-likeness (QED) is 0.416. The van der Waals surface area contributed by atoms with Crippen molar-refractivity contribution in [3.8, 4) is 11.5 Å². The van der Waals surface area contributed by atoms with Gasteiger partial charge in [0, 0.05) is 31.5 Å². The summed E-state index contributed by atoms with van der Waals surface area (Å²) < 4.78 is 11.7. The molecule has 29 heavy (non-hydrogen) atoms. The van der Waals surface area contributed by atoms with E-state index in [1.165, 1.54) is 12.8 Å². The summed E-state index contributed by atoms with van der Waals surface area (Å²) in [6.45, 7) is 10.9. The third kappa shape index (κ3) is 4.95. The number of carbonyl (C=O) groups is 1. The molecule has 1 saturated heterocycles. The van der Waals surface area contributed by atoms with Gasteiger partial charge in [0.15, 0.2) is 11.5 Å². The first-order chi connectivity index (χ1) is 13.5. The highest BCUT2D eigenvalue weighted by Gasteiger charge is 2.44. The van der Waals surface area contributed by atoms with Crippen LogP contribution in [0.5, 0.6) is 11.5 Å². The van der Waals surface area contributed by atoms with Crippen molar-refractivity contribution in [2.45, 2.75) is 63.1 Å². The third-order valence-corrected chi connectivity index (χ3v) is 6.17. The molecule has 1 heterocycles. The van der Waals surface area contributed by atoms with Gasteiger partial charge in [-0.15, -0.1) is 12.4 Å². The molecule has 3 rings (SSSR count). The number of rotatable bonds is 6. The molecule has 7 nitrogen and oxygen atoms in total. The zero-order chi connectivity index (χ0) is 20.1. The summed E-state index contributed by atoms with van der Waals surface area (Å²) >= 11 is 0. The molecule has 1 aliphatic heterocycles. The second-order valence-corrected chi connectivity index (χ2v) is 7.72. The standard InChI is InChI=1S/C21H29N3O4.ClH/c1-15(20(25)23-26)24-12-10-21(22-2,11-13-24)16-8-9-18(27-3)19(14-16)28-17-6-4-5-7-17;/h8-9,14-15,17,26H,4-7,10-13H2,1,3H3,(H,23,25);1H/t15-;/m1./s1. The van der Waals surface area contributed by atoms with Crippen molar-refractivity contribution in [2.24, 2.45) is 0 Å². The lowest BCUT2D eigenvalue weighted by atomic mass is 9.81. The molecule has 2 fully saturated rings. The molecule has 1 aliphatic carbocycles. The van der Waals surface area contributed by atoms with Crippen molar-refractivity contribution in [2.75, 3.05) is 20.2 Å². The van der Waals surface area contributed by atoms with Crippen LogP contribution in [0.3, 0.4) is 0 Å². The fourth-order valence-corrected chi connectivity index (χ4v) is 4.25. The predicted molar refractivity (Wildman–Crippen MR) is 112 cm³/mol. The van der Waals surface area contributed by atoms with E-state index in [4.69, 9.17) is 21.3 Å². The summed E-state index contributed by atoms with van der Waals surface area (Å²) in [5, 5.41) is 8.86. The van der Waals surface area contributed by atoms with Crippen LogP contribution in [0.4, 0.5) is 0 Å². The molecular weight excluding hydrogens is 394 g/mol. The fourth-order valence-electron chi connectivity index (χ4n) is 4.25. The molecule has 0 unspecified atom stereocenters. The van der Waals surface area contributed by atoms with Crippen molar-refractivity contribution in [3.63, 3.8) is 0 Å². The number of nitrogens with one attached hydrogen (secondary N) is 1. The number of ether oxygens (including phenoxy) is 2. The highest BCUT2D eigenvalue weighted by molar-refractivity contribution is 5.85. The molecule has 0 aromatic heterocycles. The minimum absolute atomic E-state index is 0. The molecule has 1 amide bonds. The van der Waals surface area contributed by atoms with Crippen LogP contribution >= 0.6 is 12.4 Å². The first kappa shape index (κ1) is 23.3. The molecule has 0 bridgehead atoms. The largest absolute Gasteiger partial charge is 0.493 e. The number of hydrogen-bond acceptors (Lipinski definition) is 5. The van der Waals surface area contributed by atoms with Gasteiger partial charge in [-0.25, -0.2) is 12.1 Å². The van der Waals surface area contributed by atoms with E-state index in [0.29, 0.717) is 37.4 Å². The van der Waals surface area contributed by atoms with Gasteiger partial charge in [-0.05, 0) is 50.8 Å². The van der Waals surface area contributed by atoms with Crippen LogP contribution in [-0.4, -0.2) is 48.4 Å². The van der Waals surface area contributed by atoms with Gasteiger partial charge in [0.1, 0.15) is 0 Å². The molecule has 2 N–H and O–H groups in total. The number of piperidine rings is 1. The lowest BCUT2D eigenvalue weighted by Gasteiger charge is -2.36. The first-order valence-corrected chi connectivity index (χ1v) is 9.95. The Labute approximate surface area is 178 Å². The number of halogens is 1. The number of hydrogen-bond donors (Lipinski definition) is 2. The monoisotopic (exact) mass is 423 g/mol. The van der Waals surface area contributed by atoms with Crippen molar-refractivity contribution >= 4 is 18.3 Å². The SMILES string of the molecule is Cl.[C-]#[N+]C1(c2ccc(OC)c(OC3CCCC3)c2)CCN([C@H](C)C(=O)NO)CC1. The predicted octanol–water partition coefficient (Wildman–Crippen LogP) is 3.54. The van der Waals surface area contributed by atoms with Gasteiger partial charge < -0.3 is 14.3 Å². The van der Waals surface area contributed by atoms with Crippen LogP contribution in [-0.2, 0) is 10.3 Å². The van der Waals surface area contributed by atoms with E-state index in [-0.39, 0.29) is 18.5 Å². The van der Waals surface area contributed by atoms with Gasteiger partial charge in [-0.3, -0.25) is 14.9 Å². The maximum absolute atomic E-state index is 11.7. The Morgan fingerprint density at radius 2 is 1.97 bits per heavy atom. The van der Waals surface area contributed by atoms with Gasteiger partial charge in [0.2, 0.25) is 0 Å². The molecular formula is C21H30ClN3O4. The van der Waals surface area contributed by atoms with Crippen LogP contribution in [0.2, 0.25) is 0 Å². The molecule has 2 aliphatic rings. The average Bonchev–Trinajstić information content (AvgIpc) is 3.25. The van der Waals surface area contributed by atoms with Crippen LogP contribution in [0.1, 0.15) is 51.0 Å². The van der Waals surface area contributed by atoms with Crippen LogP contribution in [0, 0.1) is 6.57 Å². The molecule has 1 aromatic rings. The zero-order valence-electron chi connectivity index (χ0n) is 17.0. The number of methoxy groups -OCH3 is 1. The Hall–Kier alpha value is -2.01. The van der Waals surface area contributed by atoms with Gasteiger partial charge in [-0.2, -0.15) is 0 Å². The van der Waals surface area contributed by atoms with Crippen molar-refractivity contribution < 1.29 is 19.5 Å². The summed E-state index contributed by atoms with van der Waals surface area (Å²) in [5.41, 5.74) is 2.02. The zero-order valence-corrected chi connectivity index (χ0v) is 17.8. The second-order valence-electron chi connectivity index (χ2n) is 7.72. The minimum Gasteiger partial charge on any atom is -0.493 e. The topological polar surface area (TPSA) is 75.4 Å².